The molecule has 7 nitrogen and oxygen atoms in total. The molecule has 2 aromatic carbocycles. The molecule has 0 aliphatic rings. The summed E-state index contributed by atoms with van der Waals surface area (Å²) in [5.74, 6) is 0.669. The maximum Gasteiger partial charge on any atom is 0.255 e. The summed E-state index contributed by atoms with van der Waals surface area (Å²) >= 11 is 0. The number of aromatic nitrogens is 2. The van der Waals surface area contributed by atoms with Crippen LogP contribution in [-0.2, 0) is 4.79 Å². The van der Waals surface area contributed by atoms with Gasteiger partial charge in [0.25, 0.3) is 5.91 Å². The summed E-state index contributed by atoms with van der Waals surface area (Å²) in [5, 5.41) is 17.2. The first kappa shape index (κ1) is 16.4. The predicted molar refractivity (Wildman–Crippen MR) is 92.4 cm³/mol. The lowest BCUT2D eigenvalue weighted by Gasteiger charge is -2.10. The molecule has 0 aliphatic heterocycles. The van der Waals surface area contributed by atoms with Crippen LogP contribution in [0.1, 0.15) is 0 Å². The van der Waals surface area contributed by atoms with Crippen molar-refractivity contribution in [1.29, 1.82) is 0 Å². The fourth-order valence-corrected chi connectivity index (χ4v) is 2.44. The first-order chi connectivity index (χ1) is 12.1. The Bertz CT molecular complexity index is 888. The van der Waals surface area contributed by atoms with Crippen LogP contribution < -0.4 is 15.2 Å². The molecule has 25 heavy (non-hydrogen) atoms. The number of ether oxygens (including phenoxy) is 2. The molecule has 0 spiro atoms. The molecule has 3 aromatic rings. The molecule has 0 atom stereocenters. The zero-order chi connectivity index (χ0) is 17.8. The van der Waals surface area contributed by atoms with Crippen molar-refractivity contribution in [3.63, 3.8) is 0 Å². The van der Waals surface area contributed by atoms with Gasteiger partial charge in [-0.15, -0.1) is 0 Å². The molecule has 0 unspecified atom stereocenters. The monoisotopic (exact) mass is 339 g/mol. The number of carbonyl (C=O) groups is 1. The molecular weight excluding hydrogens is 322 g/mol. The number of hydrogen-bond acceptors (Lipinski definition) is 5. The summed E-state index contributed by atoms with van der Waals surface area (Å²) in [6, 6.07) is 12.2. The normalized spacial score (nSPS) is 10.4. The third kappa shape index (κ3) is 3.55. The van der Waals surface area contributed by atoms with Gasteiger partial charge in [0.1, 0.15) is 17.2 Å². The zero-order valence-corrected chi connectivity index (χ0v) is 13.5. The molecule has 0 bridgehead atoms. The lowest BCUT2D eigenvalue weighted by atomic mass is 10.0. The molecule has 0 aliphatic carbocycles. The number of aromatic hydroxyl groups is 1. The van der Waals surface area contributed by atoms with E-state index >= 15 is 0 Å². The van der Waals surface area contributed by atoms with E-state index in [0.717, 1.165) is 17.0 Å². The van der Waals surface area contributed by atoms with Gasteiger partial charge in [-0.1, -0.05) is 0 Å². The van der Waals surface area contributed by atoms with Gasteiger partial charge in [0.15, 0.2) is 6.61 Å². The second-order valence-electron chi connectivity index (χ2n) is 5.32. The van der Waals surface area contributed by atoms with Crippen LogP contribution in [0.25, 0.3) is 22.4 Å². The van der Waals surface area contributed by atoms with E-state index in [-0.39, 0.29) is 12.4 Å². The van der Waals surface area contributed by atoms with Crippen LogP contribution in [-0.4, -0.2) is 34.9 Å². The van der Waals surface area contributed by atoms with Crippen molar-refractivity contribution in [1.82, 2.24) is 10.2 Å². The zero-order valence-electron chi connectivity index (χ0n) is 13.5. The standard InChI is InChI=1S/C18H17N3O4/c1-24-12-4-2-11(3-5-12)18-15(9-20-21-18)14-8-13(6-7-16(14)22)25-10-17(19)23/h2-9,22H,10H2,1H3,(H2,19,23)(H,20,21). The third-order valence-electron chi connectivity index (χ3n) is 3.66. The number of phenolic OH excluding ortho intramolecular Hbond substituents is 1. The van der Waals surface area contributed by atoms with Crippen molar-refractivity contribution in [2.24, 2.45) is 5.73 Å². The van der Waals surface area contributed by atoms with Gasteiger partial charge < -0.3 is 20.3 Å². The molecule has 1 heterocycles. The number of phenols is 1. The van der Waals surface area contributed by atoms with Gasteiger partial charge in [0.2, 0.25) is 0 Å². The van der Waals surface area contributed by atoms with Gasteiger partial charge in [-0.05, 0) is 42.5 Å². The average Bonchev–Trinajstić information content (AvgIpc) is 3.10. The number of H-pyrrole nitrogens is 1. The van der Waals surface area contributed by atoms with Crippen molar-refractivity contribution >= 4 is 5.91 Å². The molecule has 1 aromatic heterocycles. The largest absolute Gasteiger partial charge is 0.507 e. The Morgan fingerprint density at radius 3 is 2.56 bits per heavy atom. The molecule has 3 rings (SSSR count). The Kier molecular flexibility index (Phi) is 4.56. The first-order valence-corrected chi connectivity index (χ1v) is 7.51. The van der Waals surface area contributed by atoms with Crippen molar-refractivity contribution in [2.75, 3.05) is 13.7 Å². The number of nitrogens with two attached hydrogens (primary N) is 1. The van der Waals surface area contributed by atoms with Crippen molar-refractivity contribution in [3.8, 4) is 39.6 Å². The summed E-state index contributed by atoms with van der Waals surface area (Å²) in [4.78, 5) is 10.9. The van der Waals surface area contributed by atoms with Gasteiger partial charge in [0.05, 0.1) is 19.0 Å². The van der Waals surface area contributed by atoms with Gasteiger partial charge >= 0.3 is 0 Å². The van der Waals surface area contributed by atoms with Crippen LogP contribution in [0.3, 0.4) is 0 Å². The van der Waals surface area contributed by atoms with Gasteiger partial charge in [-0.3, -0.25) is 9.89 Å². The van der Waals surface area contributed by atoms with E-state index in [1.165, 1.54) is 6.07 Å². The van der Waals surface area contributed by atoms with Gasteiger partial charge in [0, 0.05) is 16.7 Å². The van der Waals surface area contributed by atoms with Crippen LogP contribution >= 0.6 is 0 Å². The minimum absolute atomic E-state index is 0.0718. The number of carbonyl (C=O) groups excluding carboxylic acids is 1. The Hall–Kier alpha value is -3.48. The predicted octanol–water partition coefficient (Wildman–Crippen LogP) is 2.32. The molecule has 0 saturated heterocycles. The minimum Gasteiger partial charge on any atom is -0.507 e. The SMILES string of the molecule is COc1ccc(-c2[nH]ncc2-c2cc(OCC(N)=O)ccc2O)cc1. The topological polar surface area (TPSA) is 110 Å². The smallest absolute Gasteiger partial charge is 0.255 e. The Labute approximate surface area is 144 Å². The van der Waals surface area contributed by atoms with E-state index in [2.05, 4.69) is 10.2 Å². The molecule has 128 valence electrons. The number of amides is 1. The summed E-state index contributed by atoms with van der Waals surface area (Å²) in [5.41, 5.74) is 7.94. The van der Waals surface area contributed by atoms with Crippen LogP contribution in [0, 0.1) is 0 Å². The second-order valence-corrected chi connectivity index (χ2v) is 5.32. The molecule has 0 saturated carbocycles. The van der Waals surface area contributed by atoms with E-state index in [4.69, 9.17) is 15.2 Å². The van der Waals surface area contributed by atoms with E-state index in [1.54, 1.807) is 25.4 Å². The Balaban J connectivity index is 1.98. The summed E-state index contributed by atoms with van der Waals surface area (Å²) in [7, 11) is 1.60. The Morgan fingerprint density at radius 1 is 1.16 bits per heavy atom. The van der Waals surface area contributed by atoms with Crippen molar-refractivity contribution in [3.05, 3.63) is 48.7 Å². The molecular formula is C18H17N3O4. The maximum atomic E-state index is 10.9. The van der Waals surface area contributed by atoms with Gasteiger partial charge in [-0.2, -0.15) is 5.10 Å². The van der Waals surface area contributed by atoms with E-state index in [0.29, 0.717) is 16.9 Å². The van der Waals surface area contributed by atoms with Crippen LogP contribution in [0.4, 0.5) is 0 Å². The fourth-order valence-electron chi connectivity index (χ4n) is 2.44. The number of methoxy groups -OCH3 is 1. The lowest BCUT2D eigenvalue weighted by Crippen LogP contribution is -2.19. The van der Waals surface area contributed by atoms with Crippen LogP contribution in [0.15, 0.2) is 48.7 Å². The molecule has 1 amide bonds. The quantitative estimate of drug-likeness (QED) is 0.638. The van der Waals surface area contributed by atoms with Crippen molar-refractivity contribution < 1.29 is 19.4 Å². The number of benzene rings is 2. The fraction of sp³-hybridized carbons (Fsp3) is 0.111. The van der Waals surface area contributed by atoms with Crippen LogP contribution in [0.5, 0.6) is 17.2 Å². The van der Waals surface area contributed by atoms with Crippen molar-refractivity contribution in [2.45, 2.75) is 0 Å². The minimum atomic E-state index is -0.572. The average molecular weight is 339 g/mol. The number of aromatic amines is 1. The highest BCUT2D eigenvalue weighted by atomic mass is 16.5. The van der Waals surface area contributed by atoms with Gasteiger partial charge in [-0.25, -0.2) is 0 Å². The third-order valence-corrected chi connectivity index (χ3v) is 3.66. The highest BCUT2D eigenvalue weighted by Crippen LogP contribution is 2.37. The summed E-state index contributed by atoms with van der Waals surface area (Å²) in [6.45, 7) is -0.235. The molecule has 4 N–H and O–H groups in total. The second kappa shape index (κ2) is 6.96. The number of hydrogen-bond donors (Lipinski definition) is 3. The lowest BCUT2D eigenvalue weighted by molar-refractivity contribution is -0.119. The highest BCUT2D eigenvalue weighted by Gasteiger charge is 2.15. The number of rotatable bonds is 6. The number of primary amides is 1. The van der Waals surface area contributed by atoms with E-state index in [1.807, 2.05) is 24.3 Å². The molecule has 7 heteroatoms. The van der Waals surface area contributed by atoms with E-state index < -0.39 is 5.91 Å². The Morgan fingerprint density at radius 2 is 1.88 bits per heavy atom. The first-order valence-electron chi connectivity index (χ1n) is 7.51. The summed E-state index contributed by atoms with van der Waals surface area (Å²) in [6.07, 6.45) is 1.62. The molecule has 0 radical (unpaired) electrons. The number of nitrogens with one attached hydrogen (secondary N) is 1. The highest BCUT2D eigenvalue weighted by molar-refractivity contribution is 5.84. The van der Waals surface area contributed by atoms with E-state index in [9.17, 15) is 9.90 Å². The number of nitrogens with zero attached hydrogens (tertiary/aromatic N) is 1. The van der Waals surface area contributed by atoms with Crippen LogP contribution in [0.2, 0.25) is 0 Å². The summed E-state index contributed by atoms with van der Waals surface area (Å²) < 4.78 is 10.5. The maximum absolute atomic E-state index is 10.9. The molecule has 0 fully saturated rings.